The summed E-state index contributed by atoms with van der Waals surface area (Å²) < 4.78 is 11.7. The number of hydrogen-bond donors (Lipinski definition) is 0. The first-order chi connectivity index (χ1) is 12.1. The van der Waals surface area contributed by atoms with Crippen molar-refractivity contribution in [1.82, 2.24) is 0 Å². The molecule has 2 rings (SSSR count). The molecule has 2 aliphatic rings. The zero-order valence-electron chi connectivity index (χ0n) is 17.5. The number of rotatable bonds is 8. The minimum absolute atomic E-state index is 0.186. The fourth-order valence-corrected chi connectivity index (χ4v) is 6.91. The van der Waals surface area contributed by atoms with Gasteiger partial charge in [0.05, 0.1) is 0 Å². The average molecular weight is 383 g/mol. The number of fused-ring (bicyclic) bond motifs is 1. The Balaban J connectivity index is 2.04. The maximum absolute atomic E-state index is 11.4. The average Bonchev–Trinajstić information content (AvgIpc) is 2.87. The van der Waals surface area contributed by atoms with Crippen LogP contribution in [0.2, 0.25) is 19.6 Å². The van der Waals surface area contributed by atoms with Crippen LogP contribution in [0.3, 0.4) is 0 Å². The first kappa shape index (κ1) is 21.6. The van der Waals surface area contributed by atoms with E-state index < -0.39 is 8.32 Å². The summed E-state index contributed by atoms with van der Waals surface area (Å²) in [5, 5.41) is 0. The van der Waals surface area contributed by atoms with E-state index in [9.17, 15) is 9.59 Å². The second kappa shape index (κ2) is 8.55. The van der Waals surface area contributed by atoms with Crippen molar-refractivity contribution in [3.05, 3.63) is 0 Å². The van der Waals surface area contributed by atoms with Crippen molar-refractivity contribution in [3.8, 4) is 0 Å². The summed E-state index contributed by atoms with van der Waals surface area (Å²) in [6, 6.07) is 0. The molecule has 0 aliphatic heterocycles. The lowest BCUT2D eigenvalue weighted by Gasteiger charge is -2.48. The second-order valence-electron chi connectivity index (χ2n) is 9.87. The van der Waals surface area contributed by atoms with E-state index in [1.54, 1.807) is 0 Å². The van der Waals surface area contributed by atoms with Crippen LogP contribution in [-0.2, 0) is 18.8 Å². The molecule has 0 amide bonds. The van der Waals surface area contributed by atoms with Gasteiger partial charge in [-0.25, -0.2) is 0 Å². The summed E-state index contributed by atoms with van der Waals surface area (Å²) in [5.74, 6) is 1.24. The molecule has 2 saturated carbocycles. The Morgan fingerprint density at radius 3 is 2.54 bits per heavy atom. The highest BCUT2D eigenvalue weighted by Gasteiger charge is 2.53. The molecular weight excluding hydrogens is 344 g/mol. The number of hydrogen-bond acceptors (Lipinski definition) is 4. The highest BCUT2D eigenvalue weighted by molar-refractivity contribution is 6.69. The Hall–Kier alpha value is -0.683. The lowest BCUT2D eigenvalue weighted by atomic mass is 9.61. The number of ether oxygens (including phenoxy) is 1. The van der Waals surface area contributed by atoms with Gasteiger partial charge in [-0.2, -0.15) is 0 Å². The molecule has 2 fully saturated rings. The quantitative estimate of drug-likeness (QED) is 0.343. The van der Waals surface area contributed by atoms with Crippen LogP contribution >= 0.6 is 0 Å². The Labute approximate surface area is 160 Å². The van der Waals surface area contributed by atoms with E-state index in [1.807, 2.05) is 0 Å². The Morgan fingerprint density at radius 1 is 1.27 bits per heavy atom. The van der Waals surface area contributed by atoms with E-state index in [0.717, 1.165) is 12.7 Å². The maximum Gasteiger partial charge on any atom is 0.302 e. The van der Waals surface area contributed by atoms with E-state index in [-0.39, 0.29) is 18.5 Å². The van der Waals surface area contributed by atoms with Crippen molar-refractivity contribution in [3.63, 3.8) is 0 Å². The predicted octanol–water partition coefficient (Wildman–Crippen LogP) is 4.83. The monoisotopic (exact) mass is 382 g/mol. The Kier molecular flexibility index (Phi) is 7.11. The maximum atomic E-state index is 11.4. The molecule has 4 nitrogen and oxygen atoms in total. The topological polar surface area (TPSA) is 52.6 Å². The van der Waals surface area contributed by atoms with Gasteiger partial charge in [-0.05, 0) is 74.9 Å². The Bertz CT molecular complexity index is 501. The van der Waals surface area contributed by atoms with Gasteiger partial charge in [0.25, 0.3) is 0 Å². The number of aldehydes is 1. The molecule has 6 atom stereocenters. The standard InChI is InChI=1S/C21H38O4Si/c1-15(12-17(13-22)14-24-16(2)23)18-9-10-19-20(25-26(4,5)6)8-7-11-21(18,19)3/h13,15,17-20H,7-12,14H2,1-6H3/t15-,17-,18-,19?,20+,21-/m1/s1. The zero-order valence-corrected chi connectivity index (χ0v) is 18.5. The molecule has 0 bridgehead atoms. The third kappa shape index (κ3) is 5.19. The second-order valence-corrected chi connectivity index (χ2v) is 14.3. The predicted molar refractivity (Wildman–Crippen MR) is 106 cm³/mol. The highest BCUT2D eigenvalue weighted by Crippen LogP contribution is 2.59. The van der Waals surface area contributed by atoms with E-state index >= 15 is 0 Å². The van der Waals surface area contributed by atoms with Crippen molar-refractivity contribution in [2.75, 3.05) is 6.61 Å². The van der Waals surface area contributed by atoms with Crippen LogP contribution in [0.25, 0.3) is 0 Å². The summed E-state index contributed by atoms with van der Waals surface area (Å²) in [4.78, 5) is 22.5. The van der Waals surface area contributed by atoms with Crippen LogP contribution in [0, 0.1) is 29.1 Å². The van der Waals surface area contributed by atoms with Gasteiger partial charge in [-0.1, -0.05) is 20.3 Å². The van der Waals surface area contributed by atoms with Gasteiger partial charge in [0, 0.05) is 18.9 Å². The number of carbonyl (C=O) groups is 2. The van der Waals surface area contributed by atoms with E-state index in [0.29, 0.717) is 29.3 Å². The molecule has 0 aromatic heterocycles. The van der Waals surface area contributed by atoms with Crippen LogP contribution in [-0.4, -0.2) is 33.3 Å². The van der Waals surface area contributed by atoms with Gasteiger partial charge in [0.15, 0.2) is 8.32 Å². The first-order valence-corrected chi connectivity index (χ1v) is 13.7. The number of carbonyl (C=O) groups excluding carboxylic acids is 2. The minimum atomic E-state index is -1.53. The molecule has 0 heterocycles. The Morgan fingerprint density at radius 2 is 1.96 bits per heavy atom. The molecule has 0 spiro atoms. The smallest absolute Gasteiger partial charge is 0.302 e. The molecule has 0 aromatic rings. The van der Waals surface area contributed by atoms with Crippen molar-refractivity contribution in [2.45, 2.75) is 85.0 Å². The van der Waals surface area contributed by atoms with Crippen molar-refractivity contribution < 1.29 is 18.8 Å². The van der Waals surface area contributed by atoms with Crippen LogP contribution < -0.4 is 0 Å². The first-order valence-electron chi connectivity index (χ1n) is 10.3. The van der Waals surface area contributed by atoms with Gasteiger partial charge in [0.1, 0.15) is 12.9 Å². The normalized spacial score (nSPS) is 34.0. The highest BCUT2D eigenvalue weighted by atomic mass is 28.4. The third-order valence-electron chi connectivity index (χ3n) is 6.70. The molecule has 0 saturated heterocycles. The summed E-state index contributed by atoms with van der Waals surface area (Å²) >= 11 is 0. The third-order valence-corrected chi connectivity index (χ3v) is 7.70. The largest absolute Gasteiger partial charge is 0.465 e. The zero-order chi connectivity index (χ0) is 19.5. The van der Waals surface area contributed by atoms with E-state index in [4.69, 9.17) is 9.16 Å². The van der Waals surface area contributed by atoms with Crippen LogP contribution in [0.4, 0.5) is 0 Å². The lowest BCUT2D eigenvalue weighted by molar-refractivity contribution is -0.143. The summed E-state index contributed by atoms with van der Waals surface area (Å²) in [6.07, 6.45) is 8.39. The molecular formula is C21H38O4Si. The van der Waals surface area contributed by atoms with Crippen LogP contribution in [0.15, 0.2) is 0 Å². The van der Waals surface area contributed by atoms with Crippen molar-refractivity contribution >= 4 is 20.6 Å². The molecule has 26 heavy (non-hydrogen) atoms. The van der Waals surface area contributed by atoms with E-state index in [1.165, 1.54) is 39.0 Å². The number of esters is 1. The van der Waals surface area contributed by atoms with Gasteiger partial charge >= 0.3 is 5.97 Å². The van der Waals surface area contributed by atoms with Crippen molar-refractivity contribution in [1.29, 1.82) is 0 Å². The molecule has 0 N–H and O–H groups in total. The minimum Gasteiger partial charge on any atom is -0.465 e. The molecule has 150 valence electrons. The lowest BCUT2D eigenvalue weighted by Crippen LogP contribution is -2.46. The van der Waals surface area contributed by atoms with Crippen molar-refractivity contribution in [2.24, 2.45) is 29.1 Å². The van der Waals surface area contributed by atoms with Crippen LogP contribution in [0.5, 0.6) is 0 Å². The van der Waals surface area contributed by atoms with E-state index in [2.05, 4.69) is 33.5 Å². The van der Waals surface area contributed by atoms with Gasteiger partial charge in [-0.15, -0.1) is 0 Å². The summed E-state index contributed by atoms with van der Waals surface area (Å²) in [5.41, 5.74) is 0.316. The van der Waals surface area contributed by atoms with Gasteiger partial charge in [-0.3, -0.25) is 4.79 Å². The SMILES string of the molecule is CC(=O)OC[C@@H](C=O)C[C@@H](C)[C@H]1CCC2[C@@H](O[Si](C)(C)C)CCC[C@@]21C. The molecule has 0 aromatic carbocycles. The van der Waals surface area contributed by atoms with Gasteiger partial charge < -0.3 is 14.0 Å². The summed E-state index contributed by atoms with van der Waals surface area (Å²) in [7, 11) is -1.53. The molecule has 5 heteroatoms. The fraction of sp³-hybridized carbons (Fsp3) is 0.905. The van der Waals surface area contributed by atoms with Gasteiger partial charge in [0.2, 0.25) is 0 Å². The molecule has 1 unspecified atom stereocenters. The summed E-state index contributed by atoms with van der Waals surface area (Å²) in [6.45, 7) is 13.2. The molecule has 0 radical (unpaired) electrons. The van der Waals surface area contributed by atoms with Crippen LogP contribution in [0.1, 0.15) is 59.3 Å². The molecule has 2 aliphatic carbocycles. The fourth-order valence-electron chi connectivity index (χ4n) is 5.72.